The topological polar surface area (TPSA) is 25.2 Å². The molecule has 2 rings (SSSR count). The van der Waals surface area contributed by atoms with Crippen molar-refractivity contribution >= 4 is 11.9 Å². The molecule has 2 aromatic rings. The minimum atomic E-state index is 0. The van der Waals surface area contributed by atoms with Crippen molar-refractivity contribution in [2.45, 2.75) is 52.9 Å². The standard InChI is InChI=1S/C20H26N2.Ni/c1-14(2)18-12-16(5)13-19(15(3)4)20(18)22-11-9-17-8-6-7-10-21-17;/h6-8,10-15H,9H2,1-5H3;. The van der Waals surface area contributed by atoms with Crippen LogP contribution in [0.3, 0.4) is 0 Å². The van der Waals surface area contributed by atoms with Gasteiger partial charge in [-0.05, 0) is 42.0 Å². The summed E-state index contributed by atoms with van der Waals surface area (Å²) < 4.78 is 0. The second-order valence-electron chi connectivity index (χ2n) is 6.44. The molecular formula is C20H26N2Ni. The van der Waals surface area contributed by atoms with Crippen LogP contribution in [-0.2, 0) is 22.9 Å². The minimum absolute atomic E-state index is 0. The average Bonchev–Trinajstić information content (AvgIpc) is 2.48. The van der Waals surface area contributed by atoms with Crippen LogP contribution in [0.4, 0.5) is 5.69 Å². The smallest absolute Gasteiger partial charge is 0.0695 e. The van der Waals surface area contributed by atoms with Crippen molar-refractivity contribution in [1.82, 2.24) is 4.98 Å². The molecule has 23 heavy (non-hydrogen) atoms. The zero-order valence-corrected chi connectivity index (χ0v) is 15.6. The number of hydrogen-bond acceptors (Lipinski definition) is 2. The van der Waals surface area contributed by atoms with Crippen LogP contribution >= 0.6 is 0 Å². The van der Waals surface area contributed by atoms with Gasteiger partial charge in [-0.2, -0.15) is 0 Å². The molecule has 0 saturated carbocycles. The molecule has 0 aliphatic heterocycles. The molecule has 3 heteroatoms. The summed E-state index contributed by atoms with van der Waals surface area (Å²) in [5.41, 5.74) is 6.18. The molecule has 0 spiro atoms. The molecule has 0 atom stereocenters. The molecule has 0 radical (unpaired) electrons. The van der Waals surface area contributed by atoms with Crippen LogP contribution in [0.1, 0.15) is 61.9 Å². The van der Waals surface area contributed by atoms with Gasteiger partial charge in [0, 0.05) is 41.0 Å². The van der Waals surface area contributed by atoms with Gasteiger partial charge in [-0.25, -0.2) is 0 Å². The first-order valence-electron chi connectivity index (χ1n) is 8.06. The van der Waals surface area contributed by atoms with Crippen molar-refractivity contribution in [3.05, 3.63) is 58.9 Å². The van der Waals surface area contributed by atoms with Gasteiger partial charge in [0.15, 0.2) is 0 Å². The first kappa shape index (κ1) is 19.6. The van der Waals surface area contributed by atoms with Crippen molar-refractivity contribution in [1.29, 1.82) is 0 Å². The summed E-state index contributed by atoms with van der Waals surface area (Å²) in [4.78, 5) is 9.17. The van der Waals surface area contributed by atoms with Crippen LogP contribution < -0.4 is 0 Å². The van der Waals surface area contributed by atoms with E-state index in [-0.39, 0.29) is 16.5 Å². The van der Waals surface area contributed by atoms with Gasteiger partial charge in [0.25, 0.3) is 0 Å². The molecule has 0 aliphatic carbocycles. The number of aliphatic imine (C=N–C) groups is 1. The summed E-state index contributed by atoms with van der Waals surface area (Å²) in [6.45, 7) is 11.1. The average molecular weight is 353 g/mol. The molecule has 0 bridgehead atoms. The van der Waals surface area contributed by atoms with Crippen LogP contribution in [0, 0.1) is 6.92 Å². The first-order chi connectivity index (χ1) is 10.5. The normalized spacial score (nSPS) is 11.3. The van der Waals surface area contributed by atoms with Gasteiger partial charge in [0.05, 0.1) is 5.69 Å². The molecule has 1 aromatic carbocycles. The molecule has 0 N–H and O–H groups in total. The molecule has 126 valence electrons. The van der Waals surface area contributed by atoms with E-state index in [1.54, 1.807) is 0 Å². The Hall–Kier alpha value is -1.47. The summed E-state index contributed by atoms with van der Waals surface area (Å²) >= 11 is 0. The number of aromatic nitrogens is 1. The maximum absolute atomic E-state index is 4.82. The molecule has 1 heterocycles. The predicted molar refractivity (Wildman–Crippen MR) is 95.5 cm³/mol. The van der Waals surface area contributed by atoms with E-state index in [1.807, 2.05) is 30.6 Å². The monoisotopic (exact) mass is 352 g/mol. The van der Waals surface area contributed by atoms with E-state index in [1.165, 1.54) is 16.7 Å². The summed E-state index contributed by atoms with van der Waals surface area (Å²) in [6.07, 6.45) is 4.59. The van der Waals surface area contributed by atoms with Crippen LogP contribution in [0.5, 0.6) is 0 Å². The zero-order chi connectivity index (χ0) is 16.1. The molecular weight excluding hydrogens is 327 g/mol. The predicted octanol–water partition coefficient (Wildman–Crippen LogP) is 5.58. The van der Waals surface area contributed by atoms with E-state index < -0.39 is 0 Å². The SMILES string of the molecule is Cc1cc(C(C)C)c(N=CCc2ccccn2)c(C(C)C)c1.[Ni]. The van der Waals surface area contributed by atoms with E-state index in [2.05, 4.69) is 51.7 Å². The van der Waals surface area contributed by atoms with Crippen LogP contribution in [0.15, 0.2) is 41.5 Å². The van der Waals surface area contributed by atoms with E-state index in [0.717, 1.165) is 17.8 Å². The number of benzene rings is 1. The van der Waals surface area contributed by atoms with E-state index in [4.69, 9.17) is 4.99 Å². The largest absolute Gasteiger partial charge is 0.261 e. The first-order valence-corrected chi connectivity index (χ1v) is 8.06. The van der Waals surface area contributed by atoms with Crippen molar-refractivity contribution < 1.29 is 16.5 Å². The maximum Gasteiger partial charge on any atom is 0.0695 e. The zero-order valence-electron chi connectivity index (χ0n) is 14.6. The summed E-state index contributed by atoms with van der Waals surface area (Å²) in [7, 11) is 0. The molecule has 0 amide bonds. The van der Waals surface area contributed by atoms with Crippen molar-refractivity contribution in [3.8, 4) is 0 Å². The van der Waals surface area contributed by atoms with E-state index in [9.17, 15) is 0 Å². The van der Waals surface area contributed by atoms with Gasteiger partial charge < -0.3 is 0 Å². The van der Waals surface area contributed by atoms with E-state index >= 15 is 0 Å². The Kier molecular flexibility index (Phi) is 7.65. The van der Waals surface area contributed by atoms with Gasteiger partial charge in [0.2, 0.25) is 0 Å². The molecule has 0 aliphatic rings. The van der Waals surface area contributed by atoms with E-state index in [0.29, 0.717) is 11.8 Å². The summed E-state index contributed by atoms with van der Waals surface area (Å²) in [6, 6.07) is 10.5. The Balaban J connectivity index is 0.00000264. The number of aryl methyl sites for hydroxylation is 1. The molecule has 2 nitrogen and oxygen atoms in total. The quantitative estimate of drug-likeness (QED) is 0.509. The molecule has 1 aromatic heterocycles. The van der Waals surface area contributed by atoms with Gasteiger partial charge in [-0.1, -0.05) is 51.5 Å². The van der Waals surface area contributed by atoms with Crippen LogP contribution in [0.2, 0.25) is 0 Å². The second kappa shape index (κ2) is 8.98. The van der Waals surface area contributed by atoms with Gasteiger partial charge in [-0.15, -0.1) is 0 Å². The summed E-state index contributed by atoms with van der Waals surface area (Å²) in [5, 5.41) is 0. The Morgan fingerprint density at radius 2 is 1.65 bits per heavy atom. The Bertz CT molecular complexity index is 617. The van der Waals surface area contributed by atoms with Crippen LogP contribution in [0.25, 0.3) is 0 Å². The van der Waals surface area contributed by atoms with Gasteiger partial charge >= 0.3 is 0 Å². The maximum atomic E-state index is 4.82. The van der Waals surface area contributed by atoms with Crippen LogP contribution in [-0.4, -0.2) is 11.2 Å². The number of hydrogen-bond donors (Lipinski definition) is 0. The third-order valence-corrected chi connectivity index (χ3v) is 3.80. The molecule has 0 unspecified atom stereocenters. The van der Waals surface area contributed by atoms with Crippen molar-refractivity contribution in [2.24, 2.45) is 4.99 Å². The fraction of sp³-hybridized carbons (Fsp3) is 0.400. The Morgan fingerprint density at radius 3 is 2.13 bits per heavy atom. The Labute approximate surface area is 150 Å². The Morgan fingerprint density at radius 1 is 1.04 bits per heavy atom. The van der Waals surface area contributed by atoms with Gasteiger partial charge in [0.1, 0.15) is 0 Å². The fourth-order valence-electron chi connectivity index (χ4n) is 2.61. The van der Waals surface area contributed by atoms with Crippen molar-refractivity contribution in [3.63, 3.8) is 0 Å². The number of rotatable bonds is 5. The molecule has 0 saturated heterocycles. The number of pyridine rings is 1. The third-order valence-electron chi connectivity index (χ3n) is 3.80. The molecule has 0 fully saturated rings. The fourth-order valence-corrected chi connectivity index (χ4v) is 2.61. The van der Waals surface area contributed by atoms with Gasteiger partial charge in [-0.3, -0.25) is 9.98 Å². The summed E-state index contributed by atoms with van der Waals surface area (Å²) in [5.74, 6) is 0.943. The third kappa shape index (κ3) is 5.28. The number of nitrogens with zero attached hydrogens (tertiary/aromatic N) is 2. The minimum Gasteiger partial charge on any atom is -0.261 e. The van der Waals surface area contributed by atoms with Crippen molar-refractivity contribution in [2.75, 3.05) is 0 Å². The second-order valence-corrected chi connectivity index (χ2v) is 6.44.